The van der Waals surface area contributed by atoms with E-state index in [4.69, 9.17) is 10.1 Å². The molecule has 0 radical (unpaired) electrons. The molecule has 2 aromatic heterocycles. The summed E-state index contributed by atoms with van der Waals surface area (Å²) in [5, 5.41) is 16.8. The number of thiazole rings is 1. The fourth-order valence-electron chi connectivity index (χ4n) is 2.68. The van der Waals surface area contributed by atoms with Crippen molar-refractivity contribution in [1.82, 2.24) is 25.2 Å². The minimum Gasteiger partial charge on any atom is -0.351 e. The van der Waals surface area contributed by atoms with Crippen molar-refractivity contribution in [3.8, 4) is 6.07 Å². The Kier molecular flexibility index (Phi) is 6.18. The van der Waals surface area contributed by atoms with Crippen LogP contribution in [0.2, 0.25) is 0 Å². The van der Waals surface area contributed by atoms with Gasteiger partial charge in [-0.15, -0.1) is 5.06 Å². The zero-order chi connectivity index (χ0) is 19.2. The van der Waals surface area contributed by atoms with Crippen LogP contribution in [0.3, 0.4) is 0 Å². The first-order valence-electron chi connectivity index (χ1n) is 8.53. The smallest absolute Gasteiger partial charge is 0.351 e. The fourth-order valence-corrected chi connectivity index (χ4v) is 3.30. The van der Waals surface area contributed by atoms with Gasteiger partial charge in [-0.2, -0.15) is 5.26 Å². The Morgan fingerprint density at radius 3 is 2.78 bits per heavy atom. The molecule has 0 saturated carbocycles. The monoisotopic (exact) mass is 387 g/mol. The molecular formula is C17H21N7O2S. The highest BCUT2D eigenvalue weighted by molar-refractivity contribution is 7.16. The van der Waals surface area contributed by atoms with Crippen LogP contribution in [0.1, 0.15) is 16.0 Å². The summed E-state index contributed by atoms with van der Waals surface area (Å²) in [6.07, 6.45) is 2.94. The number of nitrogens with zero attached hydrogens (tertiary/aromatic N) is 5. The summed E-state index contributed by atoms with van der Waals surface area (Å²) in [6, 6.07) is 4.09. The number of aromatic nitrogens is 2. The third-order valence-corrected chi connectivity index (χ3v) is 5.02. The number of hydrogen-bond acceptors (Lipinski definition) is 9. The zero-order valence-electron chi connectivity index (χ0n) is 15.2. The molecule has 0 bridgehead atoms. The van der Waals surface area contributed by atoms with Crippen LogP contribution in [0.15, 0.2) is 18.5 Å². The maximum Gasteiger partial charge on any atom is 0.426 e. The quantitative estimate of drug-likeness (QED) is 0.801. The number of anilines is 2. The minimum atomic E-state index is -0.439. The van der Waals surface area contributed by atoms with Crippen molar-refractivity contribution < 1.29 is 9.63 Å². The molecule has 0 atom stereocenters. The normalized spacial score (nSPS) is 15.1. The Hall–Kier alpha value is -2.74. The van der Waals surface area contributed by atoms with Gasteiger partial charge in [-0.1, -0.05) is 11.3 Å². The van der Waals surface area contributed by atoms with Gasteiger partial charge in [0.05, 0.1) is 6.20 Å². The molecule has 1 amide bonds. The van der Waals surface area contributed by atoms with Crippen LogP contribution in [0.5, 0.6) is 0 Å². The van der Waals surface area contributed by atoms with Crippen molar-refractivity contribution in [3.63, 3.8) is 0 Å². The van der Waals surface area contributed by atoms with E-state index in [9.17, 15) is 4.79 Å². The number of nitriles is 1. The van der Waals surface area contributed by atoms with E-state index in [0.717, 1.165) is 25.2 Å². The average Bonchev–Trinajstić information content (AvgIpc) is 3.13. The van der Waals surface area contributed by atoms with E-state index >= 15 is 0 Å². The summed E-state index contributed by atoms with van der Waals surface area (Å²) in [6.45, 7) is 5.77. The summed E-state index contributed by atoms with van der Waals surface area (Å²) in [5.41, 5.74) is 2.28. The summed E-state index contributed by atoms with van der Waals surface area (Å²) in [5.74, 6) is 0.705. The molecular weight excluding hydrogens is 366 g/mol. The predicted molar refractivity (Wildman–Crippen MR) is 101 cm³/mol. The van der Waals surface area contributed by atoms with Crippen LogP contribution in [-0.2, 0) is 11.4 Å². The fraction of sp³-hybridized carbons (Fsp3) is 0.412. The third-order valence-electron chi connectivity index (χ3n) is 4.21. The van der Waals surface area contributed by atoms with E-state index in [1.807, 2.05) is 19.2 Å². The summed E-state index contributed by atoms with van der Waals surface area (Å²) < 4.78 is 0. The lowest BCUT2D eigenvalue weighted by Crippen LogP contribution is -2.47. The van der Waals surface area contributed by atoms with Gasteiger partial charge in [-0.05, 0) is 24.1 Å². The van der Waals surface area contributed by atoms with Crippen molar-refractivity contribution in [1.29, 1.82) is 5.26 Å². The third kappa shape index (κ3) is 5.13. The topological polar surface area (TPSA) is 106 Å². The van der Waals surface area contributed by atoms with Crippen molar-refractivity contribution in [3.05, 3.63) is 34.5 Å². The van der Waals surface area contributed by atoms with Crippen LogP contribution < -0.4 is 10.6 Å². The molecule has 9 nitrogen and oxygen atoms in total. The molecule has 142 valence electrons. The zero-order valence-corrected chi connectivity index (χ0v) is 16.0. The lowest BCUT2D eigenvalue weighted by atomic mass is 10.1. The number of hydrogen-bond donors (Lipinski definition) is 2. The van der Waals surface area contributed by atoms with Gasteiger partial charge >= 0.3 is 6.09 Å². The Morgan fingerprint density at radius 2 is 2.11 bits per heavy atom. The first kappa shape index (κ1) is 19.0. The van der Waals surface area contributed by atoms with E-state index < -0.39 is 6.09 Å². The molecule has 0 spiro atoms. The Morgan fingerprint density at radius 1 is 1.33 bits per heavy atom. The van der Waals surface area contributed by atoms with E-state index in [-0.39, 0.29) is 0 Å². The van der Waals surface area contributed by atoms with Gasteiger partial charge in [0.1, 0.15) is 16.8 Å². The van der Waals surface area contributed by atoms with Gasteiger partial charge in [-0.25, -0.2) is 14.8 Å². The number of carbonyl (C=O) groups excluding carboxylic acids is 1. The van der Waals surface area contributed by atoms with Crippen molar-refractivity contribution in [2.24, 2.45) is 0 Å². The molecule has 3 rings (SSSR count). The molecule has 0 aliphatic carbocycles. The van der Waals surface area contributed by atoms with Crippen LogP contribution in [0, 0.1) is 18.3 Å². The maximum atomic E-state index is 11.3. The number of amides is 1. The van der Waals surface area contributed by atoms with E-state index in [2.05, 4.69) is 31.6 Å². The maximum absolute atomic E-state index is 11.3. The molecule has 1 saturated heterocycles. The van der Waals surface area contributed by atoms with Crippen LogP contribution in [-0.4, -0.2) is 59.3 Å². The van der Waals surface area contributed by atoms with Crippen LogP contribution in [0.25, 0.3) is 0 Å². The second kappa shape index (κ2) is 8.77. The first-order valence-corrected chi connectivity index (χ1v) is 9.34. The number of nitrogens with one attached hydrogen (secondary N) is 2. The predicted octanol–water partition coefficient (Wildman–Crippen LogP) is 1.85. The highest BCUT2D eigenvalue weighted by Crippen LogP contribution is 2.23. The number of rotatable bonds is 5. The SMILES string of the molecule is CNC(=O)ON1CCN(Cc2cc(Nc3ncc(C#N)s3)ncc2C)CC1. The van der Waals surface area contributed by atoms with Crippen molar-refractivity contribution in [2.75, 3.05) is 38.5 Å². The number of hydroxylamine groups is 2. The summed E-state index contributed by atoms with van der Waals surface area (Å²) >= 11 is 1.29. The summed E-state index contributed by atoms with van der Waals surface area (Å²) in [7, 11) is 1.54. The van der Waals surface area contributed by atoms with Crippen molar-refractivity contribution >= 4 is 28.4 Å². The Bertz CT molecular complexity index is 840. The molecule has 1 aliphatic rings. The van der Waals surface area contributed by atoms with Gasteiger partial charge in [0.25, 0.3) is 0 Å². The van der Waals surface area contributed by atoms with Crippen molar-refractivity contribution in [2.45, 2.75) is 13.5 Å². The highest BCUT2D eigenvalue weighted by atomic mass is 32.1. The molecule has 3 heterocycles. The molecule has 2 N–H and O–H groups in total. The lowest BCUT2D eigenvalue weighted by Gasteiger charge is -2.33. The molecule has 0 unspecified atom stereocenters. The first-order chi connectivity index (χ1) is 13.1. The molecule has 27 heavy (non-hydrogen) atoms. The number of piperazine rings is 1. The van der Waals surface area contributed by atoms with E-state index in [1.165, 1.54) is 16.9 Å². The Balaban J connectivity index is 1.59. The van der Waals surface area contributed by atoms with E-state index in [0.29, 0.717) is 28.9 Å². The number of pyridine rings is 1. The Labute approximate surface area is 161 Å². The van der Waals surface area contributed by atoms with Gasteiger partial charge in [0.15, 0.2) is 5.13 Å². The second-order valence-electron chi connectivity index (χ2n) is 6.10. The molecule has 1 fully saturated rings. The van der Waals surface area contributed by atoms with Gasteiger partial charge in [0.2, 0.25) is 0 Å². The van der Waals surface area contributed by atoms with Gasteiger partial charge < -0.3 is 15.5 Å². The lowest BCUT2D eigenvalue weighted by molar-refractivity contribution is -0.123. The molecule has 2 aromatic rings. The largest absolute Gasteiger partial charge is 0.426 e. The molecule has 0 aromatic carbocycles. The average molecular weight is 387 g/mol. The van der Waals surface area contributed by atoms with E-state index in [1.54, 1.807) is 18.3 Å². The standard InChI is InChI=1S/C17H21N7O2S/c1-12-9-20-15(22-16-21-10-14(8-18)27-16)7-13(12)11-23-3-5-24(6-4-23)26-17(25)19-2/h7,9-10H,3-6,11H2,1-2H3,(H,19,25)(H,20,21,22). The molecule has 1 aliphatic heterocycles. The van der Waals surface area contributed by atoms with Crippen LogP contribution >= 0.6 is 11.3 Å². The van der Waals surface area contributed by atoms with Gasteiger partial charge in [-0.3, -0.25) is 4.90 Å². The van der Waals surface area contributed by atoms with Crippen LogP contribution in [0.4, 0.5) is 15.7 Å². The van der Waals surface area contributed by atoms with Gasteiger partial charge in [0, 0.05) is 46.0 Å². The minimum absolute atomic E-state index is 0.439. The second-order valence-corrected chi connectivity index (χ2v) is 7.13. The summed E-state index contributed by atoms with van der Waals surface area (Å²) in [4.78, 5) is 27.9. The number of carbonyl (C=O) groups is 1. The molecule has 10 heteroatoms. The highest BCUT2D eigenvalue weighted by Gasteiger charge is 2.20. The number of aryl methyl sites for hydroxylation is 1.